The van der Waals surface area contributed by atoms with Crippen LogP contribution in [0, 0.1) is 6.92 Å². The molecule has 0 saturated carbocycles. The summed E-state index contributed by atoms with van der Waals surface area (Å²) in [6.45, 7) is 3.41. The third-order valence-electron chi connectivity index (χ3n) is 2.05. The highest BCUT2D eigenvalue weighted by Crippen LogP contribution is 2.06. The Morgan fingerprint density at radius 2 is 2.13 bits per heavy atom. The summed E-state index contributed by atoms with van der Waals surface area (Å²) in [5.41, 5.74) is 1.38. The molecule has 0 N–H and O–H groups in total. The monoisotopic (exact) mass is 201 g/mol. The zero-order valence-corrected chi connectivity index (χ0v) is 8.64. The van der Waals surface area contributed by atoms with Crippen LogP contribution in [-0.2, 0) is 0 Å². The molecule has 0 fully saturated rings. The Kier molecular flexibility index (Phi) is 2.33. The molecule has 0 aliphatic heterocycles. The van der Waals surface area contributed by atoms with Crippen molar-refractivity contribution in [1.29, 1.82) is 0 Å². The lowest BCUT2D eigenvalue weighted by molar-refractivity contribution is 0.101. The zero-order valence-electron chi connectivity index (χ0n) is 8.64. The van der Waals surface area contributed by atoms with Gasteiger partial charge in [-0.25, -0.2) is 9.67 Å². The van der Waals surface area contributed by atoms with E-state index in [9.17, 15) is 4.79 Å². The number of hydrogen-bond acceptors (Lipinski definition) is 3. The van der Waals surface area contributed by atoms with E-state index in [0.29, 0.717) is 11.5 Å². The van der Waals surface area contributed by atoms with Gasteiger partial charge in [0.15, 0.2) is 11.6 Å². The Balaban J connectivity index is 2.45. The first-order chi connectivity index (χ1) is 7.16. The van der Waals surface area contributed by atoms with Crippen molar-refractivity contribution >= 4 is 5.78 Å². The topological polar surface area (TPSA) is 47.8 Å². The van der Waals surface area contributed by atoms with Gasteiger partial charge in [-0.15, -0.1) is 0 Å². The number of carbonyl (C=O) groups excluding carboxylic acids is 1. The maximum Gasteiger partial charge on any atom is 0.178 e. The fraction of sp³-hybridized carbons (Fsp3) is 0.182. The van der Waals surface area contributed by atoms with Crippen molar-refractivity contribution in [2.24, 2.45) is 0 Å². The molecule has 0 amide bonds. The summed E-state index contributed by atoms with van der Waals surface area (Å²) < 4.78 is 1.65. The van der Waals surface area contributed by atoms with Crippen LogP contribution >= 0.6 is 0 Å². The number of aryl methyl sites for hydroxylation is 1. The second-order valence-electron chi connectivity index (χ2n) is 3.34. The molecular weight excluding hydrogens is 190 g/mol. The fourth-order valence-corrected chi connectivity index (χ4v) is 1.29. The number of nitrogens with zero attached hydrogens (tertiary/aromatic N) is 3. The van der Waals surface area contributed by atoms with Crippen molar-refractivity contribution in [3.63, 3.8) is 0 Å². The van der Waals surface area contributed by atoms with Crippen LogP contribution in [0.15, 0.2) is 30.5 Å². The minimum Gasteiger partial charge on any atom is -0.293 e. The van der Waals surface area contributed by atoms with Gasteiger partial charge in [0.05, 0.1) is 5.69 Å². The van der Waals surface area contributed by atoms with Gasteiger partial charge in [0, 0.05) is 13.1 Å². The van der Waals surface area contributed by atoms with E-state index in [2.05, 4.69) is 10.1 Å². The third kappa shape index (κ3) is 1.93. The summed E-state index contributed by atoms with van der Waals surface area (Å²) in [7, 11) is 0. The van der Waals surface area contributed by atoms with Crippen molar-refractivity contribution in [2.45, 2.75) is 13.8 Å². The second kappa shape index (κ2) is 3.65. The van der Waals surface area contributed by atoms with E-state index in [1.165, 1.54) is 6.92 Å². The largest absolute Gasteiger partial charge is 0.293 e. The first-order valence-corrected chi connectivity index (χ1v) is 4.67. The number of pyridine rings is 1. The predicted octanol–water partition coefficient (Wildman–Crippen LogP) is 1.78. The number of hydrogen-bond donors (Lipinski definition) is 0. The summed E-state index contributed by atoms with van der Waals surface area (Å²) in [5, 5.41) is 4.22. The quantitative estimate of drug-likeness (QED) is 0.696. The van der Waals surface area contributed by atoms with E-state index in [1.807, 2.05) is 25.3 Å². The maximum absolute atomic E-state index is 11.1. The zero-order chi connectivity index (χ0) is 10.8. The molecule has 2 aromatic rings. The Morgan fingerprint density at radius 3 is 2.73 bits per heavy atom. The molecule has 2 heterocycles. The standard InChI is InChI=1S/C11H11N3O/c1-8-6-7-14(13-8)11-5-3-4-10(12-11)9(2)15/h3-7H,1-2H3. The third-order valence-corrected chi connectivity index (χ3v) is 2.05. The van der Waals surface area contributed by atoms with Gasteiger partial charge in [-0.3, -0.25) is 4.79 Å². The molecular formula is C11H11N3O. The SMILES string of the molecule is CC(=O)c1cccc(-n2ccc(C)n2)n1. The molecule has 76 valence electrons. The molecule has 0 radical (unpaired) electrons. The first kappa shape index (κ1) is 9.58. The van der Waals surface area contributed by atoms with Gasteiger partial charge >= 0.3 is 0 Å². The van der Waals surface area contributed by atoms with E-state index >= 15 is 0 Å². The van der Waals surface area contributed by atoms with Crippen LogP contribution in [0.1, 0.15) is 23.1 Å². The maximum atomic E-state index is 11.1. The number of aromatic nitrogens is 3. The summed E-state index contributed by atoms with van der Waals surface area (Å²) in [5.74, 6) is 0.622. The van der Waals surface area contributed by atoms with Crippen LogP contribution in [0.25, 0.3) is 5.82 Å². The van der Waals surface area contributed by atoms with Crippen molar-refractivity contribution in [2.75, 3.05) is 0 Å². The molecule has 4 nitrogen and oxygen atoms in total. The number of rotatable bonds is 2. The Bertz CT molecular complexity index is 502. The van der Waals surface area contributed by atoms with E-state index in [4.69, 9.17) is 0 Å². The number of carbonyl (C=O) groups is 1. The van der Waals surface area contributed by atoms with E-state index < -0.39 is 0 Å². The van der Waals surface area contributed by atoms with Gasteiger partial charge in [-0.05, 0) is 25.1 Å². The highest BCUT2D eigenvalue weighted by atomic mass is 16.1. The first-order valence-electron chi connectivity index (χ1n) is 4.67. The lowest BCUT2D eigenvalue weighted by Gasteiger charge is -2.01. The van der Waals surface area contributed by atoms with Crippen molar-refractivity contribution in [3.8, 4) is 5.82 Å². The molecule has 0 aromatic carbocycles. The smallest absolute Gasteiger partial charge is 0.178 e. The number of Topliss-reactive ketones (excluding diaryl/α,β-unsaturated/α-hetero) is 1. The highest BCUT2D eigenvalue weighted by molar-refractivity contribution is 5.92. The predicted molar refractivity (Wildman–Crippen MR) is 56.1 cm³/mol. The molecule has 0 spiro atoms. The summed E-state index contributed by atoms with van der Waals surface area (Å²) in [4.78, 5) is 15.3. The van der Waals surface area contributed by atoms with Crippen LogP contribution in [0.2, 0.25) is 0 Å². The van der Waals surface area contributed by atoms with Gasteiger partial charge in [-0.1, -0.05) is 6.07 Å². The molecule has 15 heavy (non-hydrogen) atoms. The van der Waals surface area contributed by atoms with Gasteiger partial charge in [0.1, 0.15) is 5.69 Å². The highest BCUT2D eigenvalue weighted by Gasteiger charge is 2.04. The van der Waals surface area contributed by atoms with Gasteiger partial charge in [-0.2, -0.15) is 5.10 Å². The molecule has 0 aliphatic carbocycles. The van der Waals surface area contributed by atoms with E-state index in [1.54, 1.807) is 16.8 Å². The molecule has 0 bridgehead atoms. The van der Waals surface area contributed by atoms with Crippen molar-refractivity contribution < 1.29 is 4.79 Å². The molecule has 0 atom stereocenters. The molecule has 2 aromatic heterocycles. The van der Waals surface area contributed by atoms with E-state index in [-0.39, 0.29) is 5.78 Å². The lowest BCUT2D eigenvalue weighted by Crippen LogP contribution is -2.03. The molecule has 2 rings (SSSR count). The fourth-order valence-electron chi connectivity index (χ4n) is 1.29. The van der Waals surface area contributed by atoms with Crippen LogP contribution in [0.4, 0.5) is 0 Å². The Labute approximate surface area is 87.6 Å². The van der Waals surface area contributed by atoms with E-state index in [0.717, 1.165) is 5.69 Å². The van der Waals surface area contributed by atoms with Gasteiger partial charge < -0.3 is 0 Å². The second-order valence-corrected chi connectivity index (χ2v) is 3.34. The Morgan fingerprint density at radius 1 is 1.33 bits per heavy atom. The van der Waals surface area contributed by atoms with Crippen LogP contribution in [-0.4, -0.2) is 20.5 Å². The summed E-state index contributed by atoms with van der Waals surface area (Å²) in [6, 6.07) is 7.21. The molecule has 0 aliphatic rings. The van der Waals surface area contributed by atoms with Gasteiger partial charge in [0.2, 0.25) is 0 Å². The van der Waals surface area contributed by atoms with Crippen LogP contribution < -0.4 is 0 Å². The molecule has 4 heteroatoms. The van der Waals surface area contributed by atoms with Gasteiger partial charge in [0.25, 0.3) is 0 Å². The average Bonchev–Trinajstić information content (AvgIpc) is 2.65. The molecule has 0 unspecified atom stereocenters. The van der Waals surface area contributed by atoms with Crippen molar-refractivity contribution in [1.82, 2.24) is 14.8 Å². The summed E-state index contributed by atoms with van der Waals surface area (Å²) in [6.07, 6.45) is 1.82. The minimum absolute atomic E-state index is 0.0410. The lowest BCUT2D eigenvalue weighted by atomic mass is 10.3. The number of ketones is 1. The van der Waals surface area contributed by atoms with Crippen molar-refractivity contribution in [3.05, 3.63) is 41.9 Å². The Hall–Kier alpha value is -1.97. The minimum atomic E-state index is -0.0410. The average molecular weight is 201 g/mol. The normalized spacial score (nSPS) is 10.3. The van der Waals surface area contributed by atoms with Crippen LogP contribution in [0.3, 0.4) is 0 Å². The summed E-state index contributed by atoms with van der Waals surface area (Å²) >= 11 is 0. The molecule has 0 saturated heterocycles. The van der Waals surface area contributed by atoms with Crippen LogP contribution in [0.5, 0.6) is 0 Å².